The maximum atomic E-state index is 11.9. The van der Waals surface area contributed by atoms with Crippen LogP contribution >= 0.6 is 11.8 Å². The van der Waals surface area contributed by atoms with Gasteiger partial charge in [-0.15, -0.1) is 0 Å². The average molecular weight is 379 g/mol. The zero-order valence-corrected chi connectivity index (χ0v) is 17.0. The number of ether oxygens (including phenoxy) is 1. The first kappa shape index (κ1) is 17.8. The maximum Gasteiger partial charge on any atom is 0.229 e. The summed E-state index contributed by atoms with van der Waals surface area (Å²) in [6.45, 7) is 3.18. The first-order valence-electron chi connectivity index (χ1n) is 10.8. The van der Waals surface area contributed by atoms with Gasteiger partial charge in [-0.2, -0.15) is 11.8 Å². The first-order chi connectivity index (χ1) is 12.6. The highest BCUT2D eigenvalue weighted by atomic mass is 32.2. The van der Waals surface area contributed by atoms with Crippen molar-refractivity contribution in [2.24, 2.45) is 17.3 Å². The number of nitrogens with one attached hydrogen (secondary N) is 1. The van der Waals surface area contributed by atoms with Gasteiger partial charge >= 0.3 is 0 Å². The molecule has 5 aliphatic rings. The van der Waals surface area contributed by atoms with Gasteiger partial charge < -0.3 is 10.1 Å². The third-order valence-corrected chi connectivity index (χ3v) is 8.94. The molecule has 2 saturated carbocycles. The van der Waals surface area contributed by atoms with Crippen molar-refractivity contribution in [3.8, 4) is 0 Å². The maximum absolute atomic E-state index is 11.9. The number of carbonyl (C=O) groups excluding carboxylic acids is 1. The summed E-state index contributed by atoms with van der Waals surface area (Å²) in [5.41, 5.74) is 0.831. The molecule has 3 aliphatic heterocycles. The van der Waals surface area contributed by atoms with Crippen LogP contribution in [-0.2, 0) is 9.53 Å². The van der Waals surface area contributed by atoms with Crippen LogP contribution in [0.1, 0.15) is 57.8 Å². The van der Waals surface area contributed by atoms with E-state index in [0.717, 1.165) is 19.1 Å². The van der Waals surface area contributed by atoms with E-state index in [1.807, 2.05) is 6.26 Å². The molecule has 0 aromatic carbocycles. The van der Waals surface area contributed by atoms with E-state index in [9.17, 15) is 4.79 Å². The highest BCUT2D eigenvalue weighted by molar-refractivity contribution is 7.99. The molecule has 146 valence electrons. The molecule has 4 atom stereocenters. The lowest BCUT2D eigenvalue weighted by atomic mass is 9.58. The Kier molecular flexibility index (Phi) is 4.57. The van der Waals surface area contributed by atoms with Crippen LogP contribution in [0.2, 0.25) is 0 Å². The molecule has 5 heteroatoms. The quantitative estimate of drug-likeness (QED) is 0.798. The van der Waals surface area contributed by atoms with Gasteiger partial charge in [-0.1, -0.05) is 19.3 Å². The largest absolute Gasteiger partial charge is 0.370 e. The standard InChI is InChI=1S/C21H34N2O2S/c1-26-13-19(24)22-11-16-17-12-23(14-21(17)8-5-18(16)25-21)15-9-20(10-15)6-3-2-4-7-20/h15-18H,2-14H2,1H3,(H,22,24)/t16-,17+,18+,21+/m0/s1. The predicted molar refractivity (Wildman–Crippen MR) is 105 cm³/mol. The molecule has 4 nitrogen and oxygen atoms in total. The van der Waals surface area contributed by atoms with Crippen LogP contribution in [0.25, 0.3) is 0 Å². The Morgan fingerprint density at radius 3 is 2.81 bits per heavy atom. The molecule has 0 aromatic rings. The molecule has 0 aromatic heterocycles. The number of rotatable bonds is 5. The topological polar surface area (TPSA) is 41.6 Å². The fraction of sp³-hybridized carbons (Fsp3) is 0.952. The van der Waals surface area contributed by atoms with Crippen molar-refractivity contribution in [2.45, 2.75) is 75.5 Å². The molecule has 0 unspecified atom stereocenters. The van der Waals surface area contributed by atoms with E-state index in [0.29, 0.717) is 29.1 Å². The van der Waals surface area contributed by atoms with Gasteiger partial charge in [-0.05, 0) is 50.2 Å². The van der Waals surface area contributed by atoms with E-state index in [1.165, 1.54) is 64.3 Å². The SMILES string of the molecule is CSCC(=O)NC[C@H]1[C@H]2CN(C3CC4(CCCCC4)C3)C[C@]23CC[C@H]1O3. The molecule has 3 heterocycles. The van der Waals surface area contributed by atoms with Crippen molar-refractivity contribution in [2.75, 3.05) is 31.6 Å². The third kappa shape index (κ3) is 2.84. The molecule has 5 rings (SSSR count). The fourth-order valence-electron chi connectivity index (χ4n) is 7.10. The minimum Gasteiger partial charge on any atom is -0.370 e. The smallest absolute Gasteiger partial charge is 0.229 e. The summed E-state index contributed by atoms with van der Waals surface area (Å²) in [5, 5.41) is 3.18. The number of thioether (sulfide) groups is 1. The lowest BCUT2D eigenvalue weighted by Gasteiger charge is -2.53. The molecule has 0 radical (unpaired) electrons. The Morgan fingerprint density at radius 1 is 1.23 bits per heavy atom. The highest BCUT2D eigenvalue weighted by Gasteiger charge is 2.64. The number of carbonyl (C=O) groups is 1. The number of likely N-dealkylation sites (tertiary alicyclic amines) is 1. The van der Waals surface area contributed by atoms with Crippen molar-refractivity contribution in [1.82, 2.24) is 10.2 Å². The van der Waals surface area contributed by atoms with Crippen molar-refractivity contribution >= 4 is 17.7 Å². The van der Waals surface area contributed by atoms with E-state index >= 15 is 0 Å². The van der Waals surface area contributed by atoms with E-state index < -0.39 is 0 Å². The average Bonchev–Trinajstić information content (AvgIpc) is 3.27. The summed E-state index contributed by atoms with van der Waals surface area (Å²) in [5.74, 6) is 1.93. The van der Waals surface area contributed by atoms with E-state index in [2.05, 4.69) is 10.2 Å². The van der Waals surface area contributed by atoms with Gasteiger partial charge in [0.2, 0.25) is 5.91 Å². The molecule has 2 spiro atoms. The molecule has 3 saturated heterocycles. The summed E-state index contributed by atoms with van der Waals surface area (Å²) < 4.78 is 6.58. The first-order valence-corrected chi connectivity index (χ1v) is 12.2. The van der Waals surface area contributed by atoms with Gasteiger partial charge in [0.25, 0.3) is 0 Å². The second-order valence-corrected chi connectivity index (χ2v) is 10.7. The number of amides is 1. The Labute approximate surface area is 162 Å². The minimum atomic E-state index is 0.120. The van der Waals surface area contributed by atoms with Crippen LogP contribution in [0.5, 0.6) is 0 Å². The summed E-state index contributed by atoms with van der Waals surface area (Å²) >= 11 is 1.60. The van der Waals surface area contributed by atoms with E-state index in [1.54, 1.807) is 11.8 Å². The lowest BCUT2D eigenvalue weighted by Crippen LogP contribution is -2.52. The molecule has 2 bridgehead atoms. The van der Waals surface area contributed by atoms with Gasteiger partial charge in [0.1, 0.15) is 0 Å². The second kappa shape index (κ2) is 6.66. The van der Waals surface area contributed by atoms with Gasteiger partial charge in [-0.25, -0.2) is 0 Å². The number of fused-ring (bicyclic) bond motifs is 1. The lowest BCUT2D eigenvalue weighted by molar-refractivity contribution is -0.118. The molecule has 5 fully saturated rings. The minimum absolute atomic E-state index is 0.120. The predicted octanol–water partition coefficient (Wildman–Crippen LogP) is 3.06. The monoisotopic (exact) mass is 378 g/mol. The van der Waals surface area contributed by atoms with Gasteiger partial charge in [0.05, 0.1) is 17.5 Å². The van der Waals surface area contributed by atoms with Crippen LogP contribution in [0.15, 0.2) is 0 Å². The van der Waals surface area contributed by atoms with E-state index in [-0.39, 0.29) is 11.5 Å². The van der Waals surface area contributed by atoms with Crippen molar-refractivity contribution < 1.29 is 9.53 Å². The number of nitrogens with zero attached hydrogens (tertiary/aromatic N) is 1. The Balaban J connectivity index is 1.20. The molecule has 2 aliphatic carbocycles. The summed E-state index contributed by atoms with van der Waals surface area (Å²) in [6.07, 6.45) is 15.0. The summed E-state index contributed by atoms with van der Waals surface area (Å²) in [6, 6.07) is 0.808. The van der Waals surface area contributed by atoms with Crippen LogP contribution in [0.4, 0.5) is 0 Å². The van der Waals surface area contributed by atoms with Gasteiger partial charge in [0, 0.05) is 37.5 Å². The molecule has 26 heavy (non-hydrogen) atoms. The number of hydrogen-bond acceptors (Lipinski definition) is 4. The molecule has 1 amide bonds. The van der Waals surface area contributed by atoms with Crippen LogP contribution in [-0.4, -0.2) is 60.2 Å². The normalized spacial score (nSPS) is 41.3. The van der Waals surface area contributed by atoms with Crippen molar-refractivity contribution in [1.29, 1.82) is 0 Å². The van der Waals surface area contributed by atoms with Gasteiger partial charge in [-0.3, -0.25) is 9.69 Å². The Bertz CT molecular complexity index is 556. The van der Waals surface area contributed by atoms with Crippen LogP contribution in [0.3, 0.4) is 0 Å². The zero-order valence-electron chi connectivity index (χ0n) is 16.2. The summed E-state index contributed by atoms with van der Waals surface area (Å²) in [7, 11) is 0. The summed E-state index contributed by atoms with van der Waals surface area (Å²) in [4.78, 5) is 14.7. The Hall–Kier alpha value is -0.260. The van der Waals surface area contributed by atoms with Crippen LogP contribution in [0, 0.1) is 17.3 Å². The van der Waals surface area contributed by atoms with Crippen LogP contribution < -0.4 is 5.32 Å². The second-order valence-electron chi connectivity index (χ2n) is 9.82. The van der Waals surface area contributed by atoms with Crippen molar-refractivity contribution in [3.63, 3.8) is 0 Å². The molecular formula is C21H34N2O2S. The Morgan fingerprint density at radius 2 is 2.04 bits per heavy atom. The highest BCUT2D eigenvalue weighted by Crippen LogP contribution is 2.59. The van der Waals surface area contributed by atoms with Gasteiger partial charge in [0.15, 0.2) is 0 Å². The number of hydrogen-bond donors (Lipinski definition) is 1. The van der Waals surface area contributed by atoms with E-state index in [4.69, 9.17) is 4.74 Å². The molecular weight excluding hydrogens is 344 g/mol. The zero-order chi connectivity index (χ0) is 17.8. The third-order valence-electron chi connectivity index (χ3n) is 8.39. The van der Waals surface area contributed by atoms with Crippen molar-refractivity contribution in [3.05, 3.63) is 0 Å². The fourth-order valence-corrected chi connectivity index (χ4v) is 7.46. The molecule has 1 N–H and O–H groups in total.